The molecule has 1 N–H and O–H groups in total. The molecule has 2 aromatic carbocycles. The zero-order valence-corrected chi connectivity index (χ0v) is 16.0. The molecule has 1 aliphatic heterocycles. The van der Waals surface area contributed by atoms with Gasteiger partial charge in [0.15, 0.2) is 5.82 Å². The molecule has 1 aliphatic rings. The lowest BCUT2D eigenvalue weighted by atomic mass is 9.92. The summed E-state index contributed by atoms with van der Waals surface area (Å²) >= 11 is 0. The van der Waals surface area contributed by atoms with Gasteiger partial charge in [0.2, 0.25) is 0 Å². The lowest BCUT2D eigenvalue weighted by molar-refractivity contribution is 0.0934. The van der Waals surface area contributed by atoms with Gasteiger partial charge in [0, 0.05) is 19.1 Å². The summed E-state index contributed by atoms with van der Waals surface area (Å²) in [5, 5.41) is 13.9. The summed E-state index contributed by atoms with van der Waals surface area (Å²) in [5.74, 6) is 0.899. The van der Waals surface area contributed by atoms with Crippen LogP contribution in [-0.4, -0.2) is 26.1 Å². The van der Waals surface area contributed by atoms with Crippen molar-refractivity contribution in [1.29, 1.82) is 0 Å². The van der Waals surface area contributed by atoms with Crippen LogP contribution in [0.5, 0.6) is 0 Å². The van der Waals surface area contributed by atoms with Crippen LogP contribution in [0, 0.1) is 0 Å². The van der Waals surface area contributed by atoms with Crippen LogP contribution in [0.25, 0.3) is 0 Å². The Morgan fingerprint density at radius 3 is 2.50 bits per heavy atom. The number of aliphatic hydroxyl groups is 1. The van der Waals surface area contributed by atoms with E-state index in [0.717, 1.165) is 17.5 Å². The van der Waals surface area contributed by atoms with Crippen molar-refractivity contribution in [2.75, 3.05) is 6.61 Å². The van der Waals surface area contributed by atoms with Gasteiger partial charge in [-0.1, -0.05) is 54.6 Å². The van der Waals surface area contributed by atoms with Crippen LogP contribution < -0.4 is 5.69 Å². The summed E-state index contributed by atoms with van der Waals surface area (Å²) in [6.45, 7) is 3.58. The Morgan fingerprint density at radius 1 is 1.11 bits per heavy atom. The molecule has 6 nitrogen and oxygen atoms in total. The molecule has 0 saturated carbocycles. The molecule has 2 heterocycles. The van der Waals surface area contributed by atoms with Gasteiger partial charge in [-0.15, -0.1) is 0 Å². The molecule has 1 fully saturated rings. The molecule has 0 unspecified atom stereocenters. The monoisotopic (exact) mass is 379 g/mol. The van der Waals surface area contributed by atoms with Gasteiger partial charge in [-0.05, 0) is 30.0 Å². The molecule has 4 rings (SSSR count). The second-order valence-electron chi connectivity index (χ2n) is 7.11. The van der Waals surface area contributed by atoms with E-state index in [2.05, 4.69) is 17.2 Å². The number of rotatable bonds is 6. The number of hydrogen-bond acceptors (Lipinski definition) is 4. The molecule has 6 heteroatoms. The lowest BCUT2D eigenvalue weighted by Gasteiger charge is -2.18. The first-order valence-electron chi connectivity index (χ1n) is 9.74. The van der Waals surface area contributed by atoms with Gasteiger partial charge in [0.1, 0.15) is 6.10 Å². The third-order valence-corrected chi connectivity index (χ3v) is 5.38. The molecule has 1 aromatic heterocycles. The van der Waals surface area contributed by atoms with Crippen molar-refractivity contribution < 1.29 is 9.84 Å². The van der Waals surface area contributed by atoms with Gasteiger partial charge in [-0.3, -0.25) is 4.57 Å². The van der Waals surface area contributed by atoms with Crippen LogP contribution in [0.1, 0.15) is 47.9 Å². The third-order valence-electron chi connectivity index (χ3n) is 5.38. The fourth-order valence-electron chi connectivity index (χ4n) is 3.88. The highest BCUT2D eigenvalue weighted by Gasteiger charge is 2.35. The number of aromatic nitrogens is 3. The quantitative estimate of drug-likeness (QED) is 0.715. The Bertz CT molecular complexity index is 977. The highest BCUT2D eigenvalue weighted by atomic mass is 16.5. The molecule has 146 valence electrons. The van der Waals surface area contributed by atoms with Gasteiger partial charge < -0.3 is 9.84 Å². The Balaban J connectivity index is 1.66. The molecule has 28 heavy (non-hydrogen) atoms. The van der Waals surface area contributed by atoms with Crippen molar-refractivity contribution in [2.45, 2.75) is 45.1 Å². The fourth-order valence-corrected chi connectivity index (χ4v) is 3.88. The number of hydrogen-bond donors (Lipinski definition) is 1. The summed E-state index contributed by atoms with van der Waals surface area (Å²) in [6, 6.07) is 17.9. The van der Waals surface area contributed by atoms with E-state index in [1.165, 1.54) is 10.2 Å². The van der Waals surface area contributed by atoms with Crippen molar-refractivity contribution in [1.82, 2.24) is 14.3 Å². The number of benzene rings is 2. The molecular formula is C22H25N3O3. The maximum atomic E-state index is 12.9. The Labute approximate surface area is 164 Å². The molecule has 0 radical (unpaired) electrons. The molecule has 0 bridgehead atoms. The zero-order valence-electron chi connectivity index (χ0n) is 16.0. The number of nitrogens with zero attached hydrogens (tertiary/aromatic N) is 3. The second-order valence-corrected chi connectivity index (χ2v) is 7.11. The molecule has 0 spiro atoms. The van der Waals surface area contributed by atoms with Gasteiger partial charge in [-0.25, -0.2) is 9.48 Å². The first-order valence-corrected chi connectivity index (χ1v) is 9.74. The van der Waals surface area contributed by atoms with Crippen LogP contribution >= 0.6 is 0 Å². The second kappa shape index (κ2) is 8.12. The highest BCUT2D eigenvalue weighted by Crippen LogP contribution is 2.40. The first kappa shape index (κ1) is 18.7. The van der Waals surface area contributed by atoms with E-state index >= 15 is 0 Å². The van der Waals surface area contributed by atoms with Crippen LogP contribution in [-0.2, 0) is 24.4 Å². The number of aliphatic hydroxyl groups excluding tert-OH is 1. The van der Waals surface area contributed by atoms with Crippen LogP contribution in [0.3, 0.4) is 0 Å². The summed E-state index contributed by atoms with van der Waals surface area (Å²) < 4.78 is 9.26. The highest BCUT2D eigenvalue weighted by molar-refractivity contribution is 5.24. The summed E-state index contributed by atoms with van der Waals surface area (Å²) in [5.41, 5.74) is 2.92. The van der Waals surface area contributed by atoms with Crippen LogP contribution in [0.4, 0.5) is 0 Å². The predicted octanol–water partition coefficient (Wildman–Crippen LogP) is 2.85. The topological polar surface area (TPSA) is 69.3 Å². The lowest BCUT2D eigenvalue weighted by Crippen LogP contribution is -2.26. The first-order chi connectivity index (χ1) is 13.7. The zero-order chi connectivity index (χ0) is 19.5. The Morgan fingerprint density at radius 2 is 1.82 bits per heavy atom. The molecule has 3 aromatic rings. The van der Waals surface area contributed by atoms with Crippen molar-refractivity contribution >= 4 is 0 Å². The van der Waals surface area contributed by atoms with E-state index < -0.39 is 0 Å². The standard InChI is InChI=1S/C22H25N3O3/c1-2-24-21(20-19(12-13-28-20)18-6-4-3-5-7-18)23-25(22(24)27)14-16-8-10-17(15-26)11-9-16/h3-11,19-20,26H,2,12-15H2,1H3/t19-,20-/m0/s1. The normalized spacial score (nSPS) is 19.2. The maximum absolute atomic E-state index is 12.9. The molecule has 2 atom stereocenters. The smallest absolute Gasteiger partial charge is 0.346 e. The van der Waals surface area contributed by atoms with Crippen LogP contribution in [0.15, 0.2) is 59.4 Å². The number of ether oxygens (including phenoxy) is 1. The fraction of sp³-hybridized carbons (Fsp3) is 0.364. The summed E-state index contributed by atoms with van der Waals surface area (Å²) in [7, 11) is 0. The maximum Gasteiger partial charge on any atom is 0.346 e. The van der Waals surface area contributed by atoms with Gasteiger partial charge in [-0.2, -0.15) is 5.10 Å². The summed E-state index contributed by atoms with van der Waals surface area (Å²) in [6.07, 6.45) is 0.704. The van der Waals surface area contributed by atoms with E-state index in [1.807, 2.05) is 49.4 Å². The largest absolute Gasteiger partial charge is 0.392 e. The summed E-state index contributed by atoms with van der Waals surface area (Å²) in [4.78, 5) is 12.9. The van der Waals surface area contributed by atoms with Gasteiger partial charge >= 0.3 is 5.69 Å². The van der Waals surface area contributed by atoms with Crippen molar-refractivity contribution in [3.8, 4) is 0 Å². The minimum Gasteiger partial charge on any atom is -0.392 e. The van der Waals surface area contributed by atoms with Crippen molar-refractivity contribution in [3.05, 3.63) is 87.6 Å². The predicted molar refractivity (Wildman–Crippen MR) is 106 cm³/mol. The Kier molecular flexibility index (Phi) is 5.41. The van der Waals surface area contributed by atoms with Gasteiger partial charge in [0.25, 0.3) is 0 Å². The minimum atomic E-state index is -0.215. The average Bonchev–Trinajstić information content (AvgIpc) is 3.34. The van der Waals surface area contributed by atoms with E-state index in [1.54, 1.807) is 4.57 Å². The van der Waals surface area contributed by atoms with Gasteiger partial charge in [0.05, 0.1) is 13.2 Å². The molecule has 1 saturated heterocycles. The SMILES string of the molecule is CCn1c([C@H]2OCC[C@H]2c2ccccc2)nn(Cc2ccc(CO)cc2)c1=O. The van der Waals surface area contributed by atoms with Crippen molar-refractivity contribution in [3.63, 3.8) is 0 Å². The molecule has 0 amide bonds. The Hall–Kier alpha value is -2.70. The third kappa shape index (κ3) is 3.53. The van der Waals surface area contributed by atoms with E-state index in [0.29, 0.717) is 25.5 Å². The van der Waals surface area contributed by atoms with E-state index in [4.69, 9.17) is 4.74 Å². The van der Waals surface area contributed by atoms with Crippen molar-refractivity contribution in [2.24, 2.45) is 0 Å². The minimum absolute atomic E-state index is 0.00866. The van der Waals surface area contributed by atoms with E-state index in [-0.39, 0.29) is 24.3 Å². The molecule has 0 aliphatic carbocycles. The van der Waals surface area contributed by atoms with E-state index in [9.17, 15) is 9.90 Å². The van der Waals surface area contributed by atoms with Crippen LogP contribution in [0.2, 0.25) is 0 Å². The average molecular weight is 379 g/mol. The molecular weight excluding hydrogens is 354 g/mol.